The maximum Gasteiger partial charge on any atom is 0.290 e. The van der Waals surface area contributed by atoms with Gasteiger partial charge < -0.3 is 10.5 Å². The van der Waals surface area contributed by atoms with Crippen LogP contribution in [0.5, 0.6) is 0 Å². The average molecular weight is 227 g/mol. The third-order valence-corrected chi connectivity index (χ3v) is 2.68. The third kappa shape index (κ3) is 2.29. The fourth-order valence-electron chi connectivity index (χ4n) is 1.84. The first-order valence-corrected chi connectivity index (χ1v) is 5.74. The monoisotopic (exact) mass is 227 g/mol. The van der Waals surface area contributed by atoms with E-state index in [1.54, 1.807) is 11.8 Å². The highest BCUT2D eigenvalue weighted by Gasteiger charge is 2.15. The summed E-state index contributed by atoms with van der Waals surface area (Å²) in [4.78, 5) is 11.9. The van der Waals surface area contributed by atoms with Crippen LogP contribution in [0.2, 0.25) is 0 Å². The Morgan fingerprint density at radius 1 is 1.31 bits per heavy atom. The number of nitrogens with zero attached hydrogens (tertiary/aromatic N) is 2. The first-order valence-electron chi connectivity index (χ1n) is 5.74. The van der Waals surface area contributed by atoms with Crippen molar-refractivity contribution >= 4 is 5.69 Å². The smallest absolute Gasteiger partial charge is 0.290 e. The Hall–Kier alpha value is -1.23. The van der Waals surface area contributed by atoms with Gasteiger partial charge in [-0.25, -0.2) is 4.68 Å². The van der Waals surface area contributed by atoms with Gasteiger partial charge in [-0.05, 0) is 13.3 Å². The van der Waals surface area contributed by atoms with Gasteiger partial charge in [0.2, 0.25) is 0 Å². The van der Waals surface area contributed by atoms with Gasteiger partial charge in [0, 0.05) is 20.2 Å². The Kier molecular flexibility index (Phi) is 4.61. The van der Waals surface area contributed by atoms with Crippen LogP contribution in [0.1, 0.15) is 32.4 Å². The summed E-state index contributed by atoms with van der Waals surface area (Å²) in [5.41, 5.74) is 6.81. The number of nitrogens with two attached hydrogens (primary N) is 1. The zero-order chi connectivity index (χ0) is 12.1. The molecule has 1 rings (SSSR count). The Labute approximate surface area is 95.8 Å². The van der Waals surface area contributed by atoms with E-state index in [-0.39, 0.29) is 5.56 Å². The van der Waals surface area contributed by atoms with E-state index in [9.17, 15) is 4.79 Å². The molecule has 0 spiro atoms. The van der Waals surface area contributed by atoms with Crippen molar-refractivity contribution in [2.45, 2.75) is 46.4 Å². The molecule has 0 radical (unpaired) electrons. The van der Waals surface area contributed by atoms with Gasteiger partial charge in [0.1, 0.15) is 5.69 Å². The van der Waals surface area contributed by atoms with E-state index in [0.717, 1.165) is 31.6 Å². The van der Waals surface area contributed by atoms with Gasteiger partial charge in [0.25, 0.3) is 5.56 Å². The summed E-state index contributed by atoms with van der Waals surface area (Å²) in [7, 11) is 1.60. The summed E-state index contributed by atoms with van der Waals surface area (Å²) in [5, 5.41) is 0. The van der Waals surface area contributed by atoms with Crippen molar-refractivity contribution < 1.29 is 4.74 Å². The molecule has 1 aromatic rings. The first kappa shape index (κ1) is 12.8. The van der Waals surface area contributed by atoms with E-state index in [1.165, 1.54) is 0 Å². The standard InChI is InChI=1S/C11H21N3O2/c1-4-6-7-14-11(15)10(12)9(8-16-3)13(14)5-2/h4-8,12H2,1-3H3. The fourth-order valence-corrected chi connectivity index (χ4v) is 1.84. The molecule has 0 fully saturated rings. The minimum absolute atomic E-state index is 0.0950. The largest absolute Gasteiger partial charge is 0.393 e. The van der Waals surface area contributed by atoms with E-state index < -0.39 is 0 Å². The molecule has 0 saturated carbocycles. The van der Waals surface area contributed by atoms with Gasteiger partial charge in [-0.15, -0.1) is 0 Å². The molecule has 1 heterocycles. The van der Waals surface area contributed by atoms with Crippen LogP contribution < -0.4 is 11.3 Å². The average Bonchev–Trinajstić information content (AvgIpc) is 2.51. The van der Waals surface area contributed by atoms with Crippen molar-refractivity contribution in [2.24, 2.45) is 0 Å². The second kappa shape index (κ2) is 5.75. The summed E-state index contributed by atoms with van der Waals surface area (Å²) in [6.07, 6.45) is 2.04. The van der Waals surface area contributed by atoms with Crippen molar-refractivity contribution in [3.8, 4) is 0 Å². The summed E-state index contributed by atoms with van der Waals surface area (Å²) in [5.74, 6) is 0. The molecular weight excluding hydrogens is 206 g/mol. The van der Waals surface area contributed by atoms with Crippen LogP contribution in [0.15, 0.2) is 4.79 Å². The molecule has 0 amide bonds. The lowest BCUT2D eigenvalue weighted by Crippen LogP contribution is -2.24. The molecule has 1 aromatic heterocycles. The molecule has 0 atom stereocenters. The molecule has 0 aliphatic carbocycles. The molecule has 0 aromatic carbocycles. The zero-order valence-corrected chi connectivity index (χ0v) is 10.3. The van der Waals surface area contributed by atoms with E-state index in [2.05, 4.69) is 6.92 Å². The minimum Gasteiger partial charge on any atom is -0.393 e. The molecule has 0 aliphatic rings. The number of anilines is 1. The quantitative estimate of drug-likeness (QED) is 0.794. The number of hydrogen-bond donors (Lipinski definition) is 1. The van der Waals surface area contributed by atoms with Crippen LogP contribution in [0.25, 0.3) is 0 Å². The predicted molar refractivity (Wildman–Crippen MR) is 64.4 cm³/mol. The Bertz CT molecular complexity index is 393. The molecule has 16 heavy (non-hydrogen) atoms. The van der Waals surface area contributed by atoms with Crippen LogP contribution >= 0.6 is 0 Å². The van der Waals surface area contributed by atoms with Gasteiger partial charge in [-0.1, -0.05) is 13.3 Å². The van der Waals surface area contributed by atoms with Crippen molar-refractivity contribution in [2.75, 3.05) is 12.8 Å². The highest BCUT2D eigenvalue weighted by Crippen LogP contribution is 2.10. The number of ether oxygens (including phenoxy) is 1. The van der Waals surface area contributed by atoms with Crippen LogP contribution in [0, 0.1) is 0 Å². The SMILES string of the molecule is CCCCn1c(=O)c(N)c(COC)n1CC. The maximum absolute atomic E-state index is 11.9. The first-order chi connectivity index (χ1) is 7.67. The lowest BCUT2D eigenvalue weighted by atomic mass is 10.3. The van der Waals surface area contributed by atoms with Crippen molar-refractivity contribution in [1.29, 1.82) is 0 Å². The lowest BCUT2D eigenvalue weighted by molar-refractivity contribution is 0.175. The van der Waals surface area contributed by atoms with Crippen molar-refractivity contribution in [3.05, 3.63) is 16.0 Å². The van der Waals surface area contributed by atoms with Crippen molar-refractivity contribution in [3.63, 3.8) is 0 Å². The summed E-state index contributed by atoms with van der Waals surface area (Å²) in [6.45, 7) is 5.93. The highest BCUT2D eigenvalue weighted by atomic mass is 16.5. The van der Waals surface area contributed by atoms with Gasteiger partial charge in [-0.2, -0.15) is 0 Å². The second-order valence-electron chi connectivity index (χ2n) is 3.79. The molecular formula is C11H21N3O2. The number of rotatable bonds is 6. The summed E-state index contributed by atoms with van der Waals surface area (Å²) in [6, 6.07) is 0. The molecule has 2 N–H and O–H groups in total. The zero-order valence-electron chi connectivity index (χ0n) is 10.3. The van der Waals surface area contributed by atoms with E-state index in [4.69, 9.17) is 10.5 Å². The number of hydrogen-bond acceptors (Lipinski definition) is 3. The van der Waals surface area contributed by atoms with Gasteiger partial charge >= 0.3 is 0 Å². The summed E-state index contributed by atoms with van der Waals surface area (Å²) < 4.78 is 8.70. The van der Waals surface area contributed by atoms with Gasteiger partial charge in [0.15, 0.2) is 0 Å². The fraction of sp³-hybridized carbons (Fsp3) is 0.727. The van der Waals surface area contributed by atoms with E-state index in [0.29, 0.717) is 12.3 Å². The molecule has 92 valence electrons. The van der Waals surface area contributed by atoms with Crippen LogP contribution in [0.3, 0.4) is 0 Å². The molecule has 5 heteroatoms. The topological polar surface area (TPSA) is 62.2 Å². The van der Waals surface area contributed by atoms with Crippen molar-refractivity contribution in [1.82, 2.24) is 9.36 Å². The molecule has 0 saturated heterocycles. The van der Waals surface area contributed by atoms with Gasteiger partial charge in [-0.3, -0.25) is 9.48 Å². The minimum atomic E-state index is -0.0950. The van der Waals surface area contributed by atoms with Crippen LogP contribution in [0.4, 0.5) is 5.69 Å². The second-order valence-corrected chi connectivity index (χ2v) is 3.79. The number of unbranched alkanes of at least 4 members (excludes halogenated alkanes) is 1. The summed E-state index contributed by atoms with van der Waals surface area (Å²) >= 11 is 0. The normalized spacial score (nSPS) is 10.9. The maximum atomic E-state index is 11.9. The van der Waals surface area contributed by atoms with Crippen LogP contribution in [-0.4, -0.2) is 16.5 Å². The highest BCUT2D eigenvalue weighted by molar-refractivity contribution is 5.41. The van der Waals surface area contributed by atoms with Crippen LogP contribution in [-0.2, 0) is 24.4 Å². The van der Waals surface area contributed by atoms with E-state index in [1.807, 2.05) is 11.6 Å². The number of methoxy groups -OCH3 is 1. The predicted octanol–water partition coefficient (Wildman–Crippen LogP) is 1.20. The molecule has 0 unspecified atom stereocenters. The Morgan fingerprint density at radius 3 is 2.50 bits per heavy atom. The molecule has 5 nitrogen and oxygen atoms in total. The Balaban J connectivity index is 3.15. The van der Waals surface area contributed by atoms with Gasteiger partial charge in [0.05, 0.1) is 12.3 Å². The molecule has 0 aliphatic heterocycles. The Morgan fingerprint density at radius 2 is 2.00 bits per heavy atom. The third-order valence-electron chi connectivity index (χ3n) is 2.68. The molecule has 0 bridgehead atoms. The number of nitrogen functional groups attached to an aromatic ring is 1. The van der Waals surface area contributed by atoms with E-state index >= 15 is 0 Å². The lowest BCUT2D eigenvalue weighted by Gasteiger charge is -2.12. The number of aromatic nitrogens is 2.